The Morgan fingerprint density at radius 2 is 1.81 bits per heavy atom. The lowest BCUT2D eigenvalue weighted by atomic mass is 9.94. The van der Waals surface area contributed by atoms with E-state index in [1.165, 1.54) is 13.0 Å². The Morgan fingerprint density at radius 1 is 1.19 bits per heavy atom. The average molecular weight is 393 g/mol. The largest absolute Gasteiger partial charge is 0.478 e. The molecule has 1 heterocycles. The highest BCUT2D eigenvalue weighted by atomic mass is 35.5. The Bertz CT molecular complexity index is 839. The van der Waals surface area contributed by atoms with Crippen LogP contribution in [0.2, 0.25) is 0 Å². The molecule has 0 spiro atoms. The van der Waals surface area contributed by atoms with Crippen LogP contribution in [0.3, 0.4) is 0 Å². The number of esters is 1. The summed E-state index contributed by atoms with van der Waals surface area (Å²) in [7, 11) is 0. The summed E-state index contributed by atoms with van der Waals surface area (Å²) in [5.74, 6) is -1.80. The van der Waals surface area contributed by atoms with Gasteiger partial charge in [0.25, 0.3) is 0 Å². The van der Waals surface area contributed by atoms with E-state index >= 15 is 4.39 Å². The minimum atomic E-state index is -2.13. The van der Waals surface area contributed by atoms with Gasteiger partial charge in [0, 0.05) is 6.42 Å². The van der Waals surface area contributed by atoms with Crippen LogP contribution in [0.4, 0.5) is 4.39 Å². The molecule has 1 saturated heterocycles. The van der Waals surface area contributed by atoms with E-state index in [4.69, 9.17) is 21.1 Å². The van der Waals surface area contributed by atoms with Gasteiger partial charge < -0.3 is 14.6 Å². The number of halogens is 2. The summed E-state index contributed by atoms with van der Waals surface area (Å²) in [5.41, 5.74) is -2.66. The summed E-state index contributed by atoms with van der Waals surface area (Å²) in [4.78, 5) is 23.8. The first-order valence-electron chi connectivity index (χ1n) is 8.36. The van der Waals surface area contributed by atoms with Gasteiger partial charge in [0.2, 0.25) is 0 Å². The molecular weight excluding hydrogens is 375 g/mol. The van der Waals surface area contributed by atoms with Crippen molar-refractivity contribution in [3.05, 3.63) is 71.3 Å². The highest BCUT2D eigenvalue weighted by molar-refractivity contribution is 6.20. The number of benzene rings is 2. The van der Waals surface area contributed by atoms with E-state index in [2.05, 4.69) is 0 Å². The van der Waals surface area contributed by atoms with Crippen LogP contribution in [0, 0.1) is 0 Å². The molecule has 142 valence electrons. The van der Waals surface area contributed by atoms with Crippen molar-refractivity contribution in [1.29, 1.82) is 0 Å². The van der Waals surface area contributed by atoms with Gasteiger partial charge in [0.05, 0.1) is 11.1 Å². The number of carboxylic acids is 1. The Kier molecular flexibility index (Phi) is 5.48. The van der Waals surface area contributed by atoms with Crippen molar-refractivity contribution in [3.63, 3.8) is 0 Å². The zero-order valence-corrected chi connectivity index (χ0v) is 15.2. The maximum Gasteiger partial charge on any atom is 0.338 e. The third-order valence-electron chi connectivity index (χ3n) is 4.54. The van der Waals surface area contributed by atoms with Crippen molar-refractivity contribution in [2.24, 2.45) is 0 Å². The summed E-state index contributed by atoms with van der Waals surface area (Å²) in [6.07, 6.45) is -2.16. The summed E-state index contributed by atoms with van der Waals surface area (Å²) >= 11 is 5.99. The molecule has 2 aromatic carbocycles. The molecule has 1 aliphatic heterocycles. The molecule has 3 rings (SSSR count). The van der Waals surface area contributed by atoms with Crippen LogP contribution in [0.15, 0.2) is 54.6 Å². The molecule has 7 heteroatoms. The van der Waals surface area contributed by atoms with Crippen LogP contribution in [0.25, 0.3) is 0 Å². The smallest absolute Gasteiger partial charge is 0.338 e. The summed E-state index contributed by atoms with van der Waals surface area (Å²) in [5, 5.41) is 9.33. The topological polar surface area (TPSA) is 72.8 Å². The fourth-order valence-electron chi connectivity index (χ4n) is 3.08. The zero-order valence-electron chi connectivity index (χ0n) is 14.5. The minimum Gasteiger partial charge on any atom is -0.478 e. The second-order valence-electron chi connectivity index (χ2n) is 6.50. The fourth-order valence-corrected chi connectivity index (χ4v) is 3.33. The molecule has 0 radical (unpaired) electrons. The number of hydrogen-bond acceptors (Lipinski definition) is 4. The normalized spacial score (nSPS) is 27.3. The molecule has 1 aliphatic rings. The molecule has 0 saturated carbocycles. The second-order valence-corrected chi connectivity index (χ2v) is 6.90. The van der Waals surface area contributed by atoms with Crippen molar-refractivity contribution < 1.29 is 28.6 Å². The van der Waals surface area contributed by atoms with Gasteiger partial charge in [0.1, 0.15) is 6.10 Å². The monoisotopic (exact) mass is 392 g/mol. The number of ether oxygens (including phenoxy) is 2. The van der Waals surface area contributed by atoms with Crippen LogP contribution < -0.4 is 0 Å². The standard InChI is InChI=1S/C20H18ClFO5/c1-20(22)16(27-18(25)12-7-3-2-4-8-12)15(26-19(20)21)11-13-9-5-6-10-14(13)17(23)24/h2-10,15-16,19H,11H2,1H3,(H,23,24)/t15-,16-,19?,20-/m1/s1. The molecule has 0 amide bonds. The zero-order chi connectivity index (χ0) is 19.6. The first-order valence-corrected chi connectivity index (χ1v) is 8.80. The Hall–Kier alpha value is -2.44. The van der Waals surface area contributed by atoms with Crippen molar-refractivity contribution >= 4 is 23.5 Å². The lowest BCUT2D eigenvalue weighted by Crippen LogP contribution is -2.43. The summed E-state index contributed by atoms with van der Waals surface area (Å²) in [6, 6.07) is 14.5. The molecule has 4 atom stereocenters. The maximum atomic E-state index is 15.1. The number of aromatic carboxylic acids is 1. The van der Waals surface area contributed by atoms with Crippen LogP contribution >= 0.6 is 11.6 Å². The van der Waals surface area contributed by atoms with Crippen LogP contribution in [0.5, 0.6) is 0 Å². The molecule has 0 bridgehead atoms. The predicted molar refractivity (Wildman–Crippen MR) is 96.8 cm³/mol. The van der Waals surface area contributed by atoms with Crippen molar-refractivity contribution in [2.45, 2.75) is 36.8 Å². The van der Waals surface area contributed by atoms with Crippen molar-refractivity contribution in [2.75, 3.05) is 0 Å². The predicted octanol–water partition coefficient (Wildman–Crippen LogP) is 3.84. The fraction of sp³-hybridized carbons (Fsp3) is 0.300. The average Bonchev–Trinajstić information content (AvgIpc) is 2.85. The first kappa shape index (κ1) is 19.3. The maximum absolute atomic E-state index is 15.1. The number of carbonyl (C=O) groups is 2. The molecule has 27 heavy (non-hydrogen) atoms. The van der Waals surface area contributed by atoms with E-state index in [1.807, 2.05) is 0 Å². The van der Waals surface area contributed by atoms with Gasteiger partial charge in [-0.15, -0.1) is 0 Å². The number of rotatable bonds is 5. The first-order chi connectivity index (χ1) is 12.8. The van der Waals surface area contributed by atoms with Crippen LogP contribution in [-0.2, 0) is 15.9 Å². The van der Waals surface area contributed by atoms with E-state index in [0.29, 0.717) is 5.56 Å². The minimum absolute atomic E-state index is 0.0396. The number of hydrogen-bond donors (Lipinski definition) is 1. The molecular formula is C20H18ClFO5. The van der Waals surface area contributed by atoms with Crippen molar-refractivity contribution in [1.82, 2.24) is 0 Å². The van der Waals surface area contributed by atoms with Gasteiger partial charge in [-0.3, -0.25) is 0 Å². The van der Waals surface area contributed by atoms with E-state index in [0.717, 1.165) is 0 Å². The summed E-state index contributed by atoms with van der Waals surface area (Å²) in [6.45, 7) is 1.21. The Morgan fingerprint density at radius 3 is 2.48 bits per heavy atom. The lowest BCUT2D eigenvalue weighted by molar-refractivity contribution is -0.0236. The number of carbonyl (C=O) groups excluding carboxylic acids is 1. The van der Waals surface area contributed by atoms with E-state index in [1.54, 1.807) is 48.5 Å². The molecule has 0 aliphatic carbocycles. The van der Waals surface area contributed by atoms with Gasteiger partial charge in [-0.05, 0) is 30.7 Å². The molecule has 1 N–H and O–H groups in total. The lowest BCUT2D eigenvalue weighted by Gasteiger charge is -2.26. The van der Waals surface area contributed by atoms with Gasteiger partial charge >= 0.3 is 11.9 Å². The van der Waals surface area contributed by atoms with E-state index in [9.17, 15) is 14.7 Å². The van der Waals surface area contributed by atoms with Gasteiger partial charge in [-0.1, -0.05) is 48.0 Å². The summed E-state index contributed by atoms with van der Waals surface area (Å²) < 4.78 is 26.0. The van der Waals surface area contributed by atoms with Crippen LogP contribution in [-0.4, -0.2) is 40.5 Å². The molecule has 1 unspecified atom stereocenters. The molecule has 1 fully saturated rings. The number of carboxylic acid groups (broad SMARTS) is 1. The third-order valence-corrected chi connectivity index (χ3v) is 5.07. The second kappa shape index (κ2) is 7.66. The van der Waals surface area contributed by atoms with Gasteiger partial charge in [-0.2, -0.15) is 0 Å². The van der Waals surface area contributed by atoms with E-state index < -0.39 is 35.4 Å². The Balaban J connectivity index is 1.85. The Labute approximate surface area is 160 Å². The molecule has 0 aromatic heterocycles. The SMILES string of the molecule is C[C@]1(F)C(Cl)O[C@H](Cc2ccccc2C(=O)O)[C@H]1OC(=O)c1ccccc1. The highest BCUT2D eigenvalue weighted by Gasteiger charge is 2.56. The number of alkyl halides is 2. The van der Waals surface area contributed by atoms with Crippen molar-refractivity contribution in [3.8, 4) is 0 Å². The van der Waals surface area contributed by atoms with Gasteiger partial charge in [-0.25, -0.2) is 14.0 Å². The quantitative estimate of drug-likeness (QED) is 0.618. The molecule has 2 aromatic rings. The van der Waals surface area contributed by atoms with E-state index in [-0.39, 0.29) is 17.5 Å². The highest BCUT2D eigenvalue weighted by Crippen LogP contribution is 2.40. The van der Waals surface area contributed by atoms with Crippen LogP contribution in [0.1, 0.15) is 33.2 Å². The van der Waals surface area contributed by atoms with Gasteiger partial charge in [0.15, 0.2) is 17.3 Å². The third kappa shape index (κ3) is 3.96. The molecule has 5 nitrogen and oxygen atoms in total.